The van der Waals surface area contributed by atoms with E-state index in [1.165, 1.54) is 11.1 Å². The van der Waals surface area contributed by atoms with Crippen LogP contribution in [-0.4, -0.2) is 17.3 Å². The predicted octanol–water partition coefficient (Wildman–Crippen LogP) is 5.70. The fraction of sp³-hybridized carbons (Fsp3) is 0.261. The Balaban J connectivity index is 1.59. The lowest BCUT2D eigenvalue weighted by Crippen LogP contribution is -2.33. The number of rotatable bonds is 4. The minimum atomic E-state index is -0.242. The average molecular weight is 391 g/mol. The lowest BCUT2D eigenvalue weighted by Gasteiger charge is -2.38. The molecule has 0 saturated heterocycles. The molecule has 0 spiro atoms. The molecule has 0 amide bonds. The van der Waals surface area contributed by atoms with Crippen molar-refractivity contribution in [2.75, 3.05) is 6.61 Å². The van der Waals surface area contributed by atoms with Crippen molar-refractivity contribution in [3.8, 4) is 11.5 Å². The maximum absolute atomic E-state index is 6.48. The first-order valence-corrected chi connectivity index (χ1v) is 10.6. The molecule has 5 heteroatoms. The second-order valence-corrected chi connectivity index (χ2v) is 7.93. The summed E-state index contributed by atoms with van der Waals surface area (Å²) >= 11 is 1.68. The molecular weight excluding hydrogens is 368 g/mol. The topological polar surface area (TPSA) is 34.1 Å². The maximum atomic E-state index is 6.48. The highest BCUT2D eigenvalue weighted by Crippen LogP contribution is 2.50. The average Bonchev–Trinajstić information content (AvgIpc) is 3.39. The van der Waals surface area contributed by atoms with Crippen molar-refractivity contribution in [3.63, 3.8) is 0 Å². The van der Waals surface area contributed by atoms with Crippen molar-refractivity contribution in [1.29, 1.82) is 0 Å². The summed E-state index contributed by atoms with van der Waals surface area (Å²) in [5.74, 6) is 1.66. The lowest BCUT2D eigenvalue weighted by atomic mass is 9.95. The zero-order valence-electron chi connectivity index (χ0n) is 16.0. The van der Waals surface area contributed by atoms with E-state index in [1.54, 1.807) is 11.3 Å². The van der Waals surface area contributed by atoms with E-state index in [4.69, 9.17) is 14.6 Å². The number of fused-ring (bicyclic) bond motifs is 3. The van der Waals surface area contributed by atoms with Gasteiger partial charge < -0.3 is 9.47 Å². The van der Waals surface area contributed by atoms with Crippen LogP contribution >= 0.6 is 11.3 Å². The molecule has 2 atom stereocenters. The fourth-order valence-corrected chi connectivity index (χ4v) is 4.58. The van der Waals surface area contributed by atoms with Gasteiger partial charge in [-0.1, -0.05) is 42.0 Å². The molecule has 2 aliphatic rings. The predicted molar refractivity (Wildman–Crippen MR) is 112 cm³/mol. The van der Waals surface area contributed by atoms with Crippen molar-refractivity contribution in [1.82, 2.24) is 5.01 Å². The summed E-state index contributed by atoms with van der Waals surface area (Å²) in [7, 11) is 0. The Morgan fingerprint density at radius 2 is 2.04 bits per heavy atom. The standard InChI is InChI=1S/C23H22N2O2S/c1-3-26-21-6-4-5-18-20-13-19(16-9-7-15(2)8-10-16)24-25(20)23(27-22(18)21)17-11-12-28-14-17/h4-12,14,20,23H,3,13H2,1-2H3/t20-,23-/m0/s1. The van der Waals surface area contributed by atoms with Crippen LogP contribution in [0.4, 0.5) is 0 Å². The highest BCUT2D eigenvalue weighted by atomic mass is 32.1. The summed E-state index contributed by atoms with van der Waals surface area (Å²) in [5, 5.41) is 11.3. The SMILES string of the molecule is CCOc1cccc2c1O[C@@H](c1ccsc1)N1N=C(c3ccc(C)cc3)C[C@@H]21. The molecule has 142 valence electrons. The summed E-state index contributed by atoms with van der Waals surface area (Å²) in [5.41, 5.74) is 5.80. The van der Waals surface area contributed by atoms with Crippen LogP contribution in [0.2, 0.25) is 0 Å². The summed E-state index contributed by atoms with van der Waals surface area (Å²) < 4.78 is 12.3. The highest BCUT2D eigenvalue weighted by Gasteiger charge is 2.42. The third-order valence-electron chi connectivity index (χ3n) is 5.29. The van der Waals surface area contributed by atoms with Crippen LogP contribution in [0.1, 0.15) is 47.9 Å². The van der Waals surface area contributed by atoms with Gasteiger partial charge in [0.25, 0.3) is 0 Å². The molecule has 2 aromatic carbocycles. The molecule has 0 N–H and O–H groups in total. The lowest BCUT2D eigenvalue weighted by molar-refractivity contribution is -0.0209. The number of benzene rings is 2. The van der Waals surface area contributed by atoms with E-state index in [0.29, 0.717) is 6.61 Å². The van der Waals surface area contributed by atoms with Gasteiger partial charge in [0.2, 0.25) is 6.23 Å². The monoisotopic (exact) mass is 390 g/mol. The third-order valence-corrected chi connectivity index (χ3v) is 5.99. The van der Waals surface area contributed by atoms with Crippen molar-refractivity contribution in [2.45, 2.75) is 32.5 Å². The van der Waals surface area contributed by atoms with E-state index in [-0.39, 0.29) is 12.3 Å². The molecule has 4 nitrogen and oxygen atoms in total. The molecule has 0 unspecified atom stereocenters. The zero-order valence-corrected chi connectivity index (χ0v) is 16.8. The summed E-state index contributed by atoms with van der Waals surface area (Å²) in [6.45, 7) is 4.72. The highest BCUT2D eigenvalue weighted by molar-refractivity contribution is 7.07. The fourth-order valence-electron chi connectivity index (χ4n) is 3.91. The van der Waals surface area contributed by atoms with Crippen molar-refractivity contribution >= 4 is 17.0 Å². The van der Waals surface area contributed by atoms with Crippen LogP contribution in [0.25, 0.3) is 0 Å². The molecule has 3 heterocycles. The van der Waals surface area contributed by atoms with E-state index in [0.717, 1.165) is 34.8 Å². The largest absolute Gasteiger partial charge is 0.490 e. The number of nitrogens with zero attached hydrogens (tertiary/aromatic N) is 2. The number of aryl methyl sites for hydroxylation is 1. The van der Waals surface area contributed by atoms with Crippen LogP contribution in [0.3, 0.4) is 0 Å². The van der Waals surface area contributed by atoms with Gasteiger partial charge in [0, 0.05) is 17.5 Å². The first-order valence-electron chi connectivity index (χ1n) is 9.62. The zero-order chi connectivity index (χ0) is 19.1. The van der Waals surface area contributed by atoms with Gasteiger partial charge in [0.1, 0.15) is 0 Å². The Kier molecular flexibility index (Phi) is 4.32. The Labute approximate surface area is 169 Å². The molecule has 28 heavy (non-hydrogen) atoms. The normalized spacial score (nSPS) is 20.2. The van der Waals surface area contributed by atoms with E-state index in [9.17, 15) is 0 Å². The van der Waals surface area contributed by atoms with Gasteiger partial charge >= 0.3 is 0 Å². The summed E-state index contributed by atoms with van der Waals surface area (Å²) in [6.07, 6.45) is 0.614. The minimum Gasteiger partial charge on any atom is -0.490 e. The molecule has 0 bridgehead atoms. The quantitative estimate of drug-likeness (QED) is 0.573. The summed E-state index contributed by atoms with van der Waals surface area (Å²) in [6, 6.07) is 17.0. The molecule has 0 fully saturated rings. The van der Waals surface area contributed by atoms with Gasteiger partial charge in [0.05, 0.1) is 18.4 Å². The van der Waals surface area contributed by atoms with Gasteiger partial charge in [0.15, 0.2) is 11.5 Å². The second kappa shape index (κ2) is 6.99. The van der Waals surface area contributed by atoms with E-state index >= 15 is 0 Å². The van der Waals surface area contributed by atoms with Gasteiger partial charge in [-0.3, -0.25) is 0 Å². The number of thiophene rings is 1. The van der Waals surface area contributed by atoms with E-state index < -0.39 is 0 Å². The van der Waals surface area contributed by atoms with Crippen LogP contribution in [-0.2, 0) is 0 Å². The molecule has 0 radical (unpaired) electrons. The van der Waals surface area contributed by atoms with E-state index in [2.05, 4.69) is 59.1 Å². The molecule has 3 aromatic rings. The Morgan fingerprint density at radius 1 is 1.18 bits per heavy atom. The van der Waals surface area contributed by atoms with Gasteiger partial charge in [-0.25, -0.2) is 5.01 Å². The Bertz CT molecular complexity index is 1010. The number of para-hydroxylation sites is 1. The molecule has 1 aromatic heterocycles. The second-order valence-electron chi connectivity index (χ2n) is 7.15. The van der Waals surface area contributed by atoms with Crippen molar-refractivity contribution in [2.24, 2.45) is 5.10 Å². The molecule has 2 aliphatic heterocycles. The van der Waals surface area contributed by atoms with Crippen LogP contribution in [0.5, 0.6) is 11.5 Å². The van der Waals surface area contributed by atoms with Gasteiger partial charge in [-0.15, -0.1) is 0 Å². The molecule has 0 aliphatic carbocycles. The number of hydrazone groups is 1. The Hall–Kier alpha value is -2.79. The van der Waals surface area contributed by atoms with Gasteiger partial charge in [-0.2, -0.15) is 16.4 Å². The molecular formula is C23H22N2O2S. The maximum Gasteiger partial charge on any atom is 0.214 e. The van der Waals surface area contributed by atoms with Crippen LogP contribution < -0.4 is 9.47 Å². The molecule has 0 saturated carbocycles. The number of ether oxygens (including phenoxy) is 2. The first kappa shape index (κ1) is 17.3. The van der Waals surface area contributed by atoms with Crippen LogP contribution in [0.15, 0.2) is 64.4 Å². The van der Waals surface area contributed by atoms with Crippen LogP contribution in [0, 0.1) is 6.92 Å². The Morgan fingerprint density at radius 3 is 2.79 bits per heavy atom. The van der Waals surface area contributed by atoms with Crippen molar-refractivity contribution < 1.29 is 9.47 Å². The smallest absolute Gasteiger partial charge is 0.214 e. The summed E-state index contributed by atoms with van der Waals surface area (Å²) in [4.78, 5) is 0. The van der Waals surface area contributed by atoms with Crippen molar-refractivity contribution in [3.05, 3.63) is 81.5 Å². The number of hydrogen-bond acceptors (Lipinski definition) is 5. The third kappa shape index (κ3) is 2.87. The molecule has 5 rings (SSSR count). The van der Waals surface area contributed by atoms with Gasteiger partial charge in [-0.05, 0) is 42.3 Å². The number of hydrogen-bond donors (Lipinski definition) is 0. The minimum absolute atomic E-state index is 0.144. The van der Waals surface area contributed by atoms with E-state index in [1.807, 2.05) is 19.1 Å². The first-order chi connectivity index (χ1) is 13.7.